The highest BCUT2D eigenvalue weighted by Crippen LogP contribution is 2.27. The number of aromatic nitrogens is 1. The minimum absolute atomic E-state index is 0.0522. The van der Waals surface area contributed by atoms with Crippen molar-refractivity contribution in [3.63, 3.8) is 0 Å². The monoisotopic (exact) mass is 326 g/mol. The van der Waals surface area contributed by atoms with Gasteiger partial charge in [-0.25, -0.2) is 0 Å². The van der Waals surface area contributed by atoms with Crippen LogP contribution in [-0.4, -0.2) is 27.8 Å². The molecule has 104 valence electrons. The molecule has 0 aromatic carbocycles. The van der Waals surface area contributed by atoms with E-state index >= 15 is 0 Å². The summed E-state index contributed by atoms with van der Waals surface area (Å²) < 4.78 is 2.73. The first-order valence-corrected chi connectivity index (χ1v) is 7.43. The van der Waals surface area contributed by atoms with Gasteiger partial charge in [-0.15, -0.1) is 0 Å². The lowest BCUT2D eigenvalue weighted by Gasteiger charge is -2.17. The predicted octanol–water partition coefficient (Wildman–Crippen LogP) is 2.92. The molecule has 1 saturated heterocycles. The second-order valence-electron chi connectivity index (χ2n) is 5.35. The Bertz CT molecular complexity index is 508. The van der Waals surface area contributed by atoms with E-state index in [0.717, 1.165) is 4.47 Å². The Morgan fingerprint density at radius 2 is 2.21 bits per heavy atom. The highest BCUT2D eigenvalue weighted by atomic mass is 79.9. The number of carbonyl (C=O) groups is 2. The van der Waals surface area contributed by atoms with E-state index in [1.54, 1.807) is 6.07 Å². The second-order valence-corrected chi connectivity index (χ2v) is 6.26. The van der Waals surface area contributed by atoms with Gasteiger partial charge in [0.05, 0.1) is 0 Å². The highest BCUT2D eigenvalue weighted by molar-refractivity contribution is 9.10. The summed E-state index contributed by atoms with van der Waals surface area (Å²) in [5.41, 5.74) is 0.576. The van der Waals surface area contributed by atoms with Gasteiger partial charge < -0.3 is 4.57 Å². The van der Waals surface area contributed by atoms with Crippen LogP contribution < -0.4 is 0 Å². The molecular weight excluding hydrogens is 308 g/mol. The Labute approximate surface area is 121 Å². The number of carbonyl (C=O) groups excluding carboxylic acids is 2. The smallest absolute Gasteiger partial charge is 0.277 e. The number of halogens is 1. The Morgan fingerprint density at radius 3 is 2.74 bits per heavy atom. The van der Waals surface area contributed by atoms with Crippen molar-refractivity contribution in [2.24, 2.45) is 11.8 Å². The zero-order chi connectivity index (χ0) is 14.2. The van der Waals surface area contributed by atoms with E-state index in [9.17, 15) is 9.59 Å². The molecule has 0 N–H and O–H groups in total. The molecule has 5 heteroatoms. The van der Waals surface area contributed by atoms with Crippen LogP contribution in [0.1, 0.15) is 37.7 Å². The Hall–Kier alpha value is -1.10. The van der Waals surface area contributed by atoms with Gasteiger partial charge in [-0.1, -0.05) is 13.8 Å². The van der Waals surface area contributed by atoms with Crippen LogP contribution in [0.3, 0.4) is 0 Å². The van der Waals surface area contributed by atoms with Gasteiger partial charge in [-0.3, -0.25) is 14.5 Å². The van der Waals surface area contributed by atoms with Crippen LogP contribution in [0.25, 0.3) is 0 Å². The molecule has 1 fully saturated rings. The highest BCUT2D eigenvalue weighted by Gasteiger charge is 2.36. The molecule has 0 spiro atoms. The lowest BCUT2D eigenvalue weighted by Crippen LogP contribution is -2.34. The quantitative estimate of drug-likeness (QED) is 0.801. The predicted molar refractivity (Wildman–Crippen MR) is 76.8 cm³/mol. The van der Waals surface area contributed by atoms with Crippen LogP contribution in [0.15, 0.2) is 16.7 Å². The summed E-state index contributed by atoms with van der Waals surface area (Å²) in [7, 11) is 0. The van der Waals surface area contributed by atoms with Crippen LogP contribution >= 0.6 is 15.9 Å². The fourth-order valence-corrected chi connectivity index (χ4v) is 2.90. The van der Waals surface area contributed by atoms with Crippen LogP contribution in [-0.2, 0) is 11.3 Å². The number of imide groups is 1. The summed E-state index contributed by atoms with van der Waals surface area (Å²) in [6.07, 6.45) is 2.35. The molecule has 2 amide bonds. The van der Waals surface area contributed by atoms with E-state index in [2.05, 4.69) is 29.8 Å². The van der Waals surface area contributed by atoms with Crippen LogP contribution in [0, 0.1) is 11.8 Å². The van der Waals surface area contributed by atoms with Crippen LogP contribution in [0.2, 0.25) is 0 Å². The number of rotatable bonds is 3. The molecule has 1 aliphatic rings. The average molecular weight is 327 g/mol. The normalized spacial score (nSPS) is 19.5. The van der Waals surface area contributed by atoms with E-state index in [4.69, 9.17) is 0 Å². The number of amides is 2. The molecule has 1 atom stereocenters. The van der Waals surface area contributed by atoms with Gasteiger partial charge in [0.15, 0.2) is 0 Å². The lowest BCUT2D eigenvalue weighted by molar-refractivity contribution is -0.125. The summed E-state index contributed by atoms with van der Waals surface area (Å²) in [6, 6.07) is 1.78. The molecule has 1 aliphatic heterocycles. The van der Waals surface area contributed by atoms with Crippen molar-refractivity contribution in [3.8, 4) is 0 Å². The van der Waals surface area contributed by atoms with Gasteiger partial charge in [0, 0.05) is 30.2 Å². The van der Waals surface area contributed by atoms with Gasteiger partial charge in [-0.2, -0.15) is 0 Å². The van der Waals surface area contributed by atoms with Crippen LogP contribution in [0.4, 0.5) is 0 Å². The summed E-state index contributed by atoms with van der Waals surface area (Å²) in [5.74, 6) is 0.473. The van der Waals surface area contributed by atoms with Gasteiger partial charge >= 0.3 is 0 Å². The van der Waals surface area contributed by atoms with Crippen molar-refractivity contribution < 1.29 is 9.59 Å². The second kappa shape index (κ2) is 5.49. The first kappa shape index (κ1) is 14.3. The Kier molecular flexibility index (Phi) is 4.13. The zero-order valence-electron chi connectivity index (χ0n) is 11.5. The van der Waals surface area contributed by atoms with Crippen molar-refractivity contribution in [1.82, 2.24) is 9.47 Å². The number of hydrogen-bond acceptors (Lipinski definition) is 2. The molecule has 0 bridgehead atoms. The average Bonchev–Trinajstić information content (AvgIpc) is 2.91. The van der Waals surface area contributed by atoms with E-state index in [1.165, 1.54) is 4.90 Å². The minimum atomic E-state index is -0.180. The third-order valence-electron chi connectivity index (χ3n) is 3.77. The largest absolute Gasteiger partial charge is 0.343 e. The number of aryl methyl sites for hydroxylation is 1. The zero-order valence-corrected chi connectivity index (χ0v) is 13.1. The minimum Gasteiger partial charge on any atom is -0.343 e. The molecule has 0 radical (unpaired) electrons. The Balaban J connectivity index is 2.22. The maximum atomic E-state index is 12.5. The fraction of sp³-hybridized carbons (Fsp3) is 0.571. The van der Waals surface area contributed by atoms with Crippen molar-refractivity contribution in [2.45, 2.75) is 33.7 Å². The number of nitrogens with zero attached hydrogens (tertiary/aromatic N) is 2. The third kappa shape index (κ3) is 2.76. The van der Waals surface area contributed by atoms with Crippen molar-refractivity contribution in [3.05, 3.63) is 22.4 Å². The van der Waals surface area contributed by atoms with Crippen LogP contribution in [0.5, 0.6) is 0 Å². The fourth-order valence-electron chi connectivity index (χ4n) is 2.43. The summed E-state index contributed by atoms with van der Waals surface area (Å²) in [6.45, 7) is 7.42. The molecule has 1 aromatic rings. The van der Waals surface area contributed by atoms with Gasteiger partial charge in [0.1, 0.15) is 5.69 Å². The van der Waals surface area contributed by atoms with E-state index in [-0.39, 0.29) is 17.7 Å². The van der Waals surface area contributed by atoms with Gasteiger partial charge in [0.25, 0.3) is 5.91 Å². The number of likely N-dealkylation sites (tertiary alicyclic amines) is 1. The third-order valence-corrected chi connectivity index (χ3v) is 4.20. The summed E-state index contributed by atoms with van der Waals surface area (Å²) in [5, 5.41) is 0. The van der Waals surface area contributed by atoms with E-state index in [1.807, 2.05) is 17.7 Å². The maximum Gasteiger partial charge on any atom is 0.277 e. The van der Waals surface area contributed by atoms with Crippen molar-refractivity contribution >= 4 is 27.7 Å². The van der Waals surface area contributed by atoms with Gasteiger partial charge in [0.2, 0.25) is 5.91 Å². The van der Waals surface area contributed by atoms with Crippen molar-refractivity contribution in [1.29, 1.82) is 0 Å². The molecule has 4 nitrogen and oxygen atoms in total. The lowest BCUT2D eigenvalue weighted by atomic mass is 9.95. The topological polar surface area (TPSA) is 42.3 Å². The van der Waals surface area contributed by atoms with E-state index < -0.39 is 0 Å². The molecular formula is C14H19BrN2O2. The first-order chi connectivity index (χ1) is 8.93. The number of hydrogen-bond donors (Lipinski definition) is 0. The molecule has 2 rings (SSSR count). The molecule has 1 unspecified atom stereocenters. The first-order valence-electron chi connectivity index (χ1n) is 6.64. The summed E-state index contributed by atoms with van der Waals surface area (Å²) >= 11 is 3.37. The molecule has 0 saturated carbocycles. The molecule has 0 aliphatic carbocycles. The summed E-state index contributed by atoms with van der Waals surface area (Å²) in [4.78, 5) is 25.9. The Morgan fingerprint density at radius 1 is 1.53 bits per heavy atom. The molecule has 19 heavy (non-hydrogen) atoms. The molecule has 1 aromatic heterocycles. The maximum absolute atomic E-state index is 12.5. The van der Waals surface area contributed by atoms with Crippen molar-refractivity contribution in [2.75, 3.05) is 6.54 Å². The van der Waals surface area contributed by atoms with E-state index in [0.29, 0.717) is 31.1 Å². The van der Waals surface area contributed by atoms with Gasteiger partial charge in [-0.05, 0) is 40.8 Å². The molecule has 2 heterocycles. The SMILES string of the molecule is CCn1cc(Br)cc1C(=O)N1CC(C(C)C)CC1=O. The standard InChI is InChI=1S/C14H19BrN2O2/c1-4-16-8-11(15)6-12(16)14(19)17-7-10(9(2)3)5-13(17)18/h6,8-10H,4-5,7H2,1-3H3.